The second kappa shape index (κ2) is 7.07. The zero-order valence-electron chi connectivity index (χ0n) is 13.7. The number of hydrogen-bond acceptors (Lipinski definition) is 3. The second-order valence-electron chi connectivity index (χ2n) is 6.44. The highest BCUT2D eigenvalue weighted by Gasteiger charge is 2.24. The highest BCUT2D eigenvalue weighted by atomic mass is 16.2. The molecule has 0 spiro atoms. The lowest BCUT2D eigenvalue weighted by atomic mass is 10.0. The summed E-state index contributed by atoms with van der Waals surface area (Å²) in [6.07, 6.45) is 7.40. The highest BCUT2D eigenvalue weighted by molar-refractivity contribution is 5.76. The predicted octanol–water partition coefficient (Wildman–Crippen LogP) is 1.95. The molecular weight excluding hydrogens is 264 g/mol. The molecule has 2 heterocycles. The maximum atomic E-state index is 12.4. The largest absolute Gasteiger partial charge is 0.341 e. The quantitative estimate of drug-likeness (QED) is 0.833. The van der Waals surface area contributed by atoms with Crippen molar-refractivity contribution in [2.24, 2.45) is 0 Å². The van der Waals surface area contributed by atoms with Crippen LogP contribution in [0.5, 0.6) is 0 Å². The number of likely N-dealkylation sites (tertiary alicyclic amines) is 1. The zero-order valence-corrected chi connectivity index (χ0v) is 13.7. The summed E-state index contributed by atoms with van der Waals surface area (Å²) < 4.78 is 2.14. The standard InChI is InChI=1S/C16H28N4O/c1-13(2)20-11-9-17-15(20)7-8-16(21)19-10-5-6-14(12-19)18(3)4/h9,11,13-14H,5-8,10,12H2,1-4H3/t14-/m1/s1. The van der Waals surface area contributed by atoms with Gasteiger partial charge in [0.25, 0.3) is 0 Å². The molecule has 1 aliphatic heterocycles. The number of aromatic nitrogens is 2. The van der Waals surface area contributed by atoms with E-state index in [2.05, 4.69) is 42.4 Å². The molecule has 0 bridgehead atoms. The van der Waals surface area contributed by atoms with E-state index in [4.69, 9.17) is 0 Å². The number of nitrogens with zero attached hydrogens (tertiary/aromatic N) is 4. The monoisotopic (exact) mass is 292 g/mol. The predicted molar refractivity (Wildman–Crippen MR) is 84.2 cm³/mol. The molecule has 1 aromatic heterocycles. The molecule has 1 atom stereocenters. The van der Waals surface area contributed by atoms with Crippen molar-refractivity contribution in [3.8, 4) is 0 Å². The van der Waals surface area contributed by atoms with Gasteiger partial charge in [-0.25, -0.2) is 4.98 Å². The fourth-order valence-electron chi connectivity index (χ4n) is 2.99. The number of aryl methyl sites for hydroxylation is 1. The molecular formula is C16H28N4O. The maximum Gasteiger partial charge on any atom is 0.223 e. The SMILES string of the molecule is CC(C)n1ccnc1CCC(=O)N1CCC[C@@H](N(C)C)C1. The van der Waals surface area contributed by atoms with Crippen molar-refractivity contribution < 1.29 is 4.79 Å². The Kier molecular flexibility index (Phi) is 5.39. The lowest BCUT2D eigenvalue weighted by Crippen LogP contribution is -2.47. The number of hydrogen-bond donors (Lipinski definition) is 0. The van der Waals surface area contributed by atoms with Gasteiger partial charge in [0.15, 0.2) is 0 Å². The van der Waals surface area contributed by atoms with Crippen LogP contribution in [-0.2, 0) is 11.2 Å². The van der Waals surface area contributed by atoms with E-state index >= 15 is 0 Å². The van der Waals surface area contributed by atoms with Crippen molar-refractivity contribution in [2.45, 2.75) is 51.6 Å². The molecule has 1 aliphatic rings. The third kappa shape index (κ3) is 4.06. The summed E-state index contributed by atoms with van der Waals surface area (Å²) in [5.74, 6) is 1.28. The van der Waals surface area contributed by atoms with Crippen LogP contribution < -0.4 is 0 Å². The molecule has 0 aliphatic carbocycles. The van der Waals surface area contributed by atoms with Gasteiger partial charge < -0.3 is 14.4 Å². The van der Waals surface area contributed by atoms with Crippen molar-refractivity contribution in [1.82, 2.24) is 19.4 Å². The second-order valence-corrected chi connectivity index (χ2v) is 6.44. The molecule has 1 aromatic rings. The van der Waals surface area contributed by atoms with Crippen LogP contribution in [0.1, 0.15) is 45.0 Å². The van der Waals surface area contributed by atoms with Gasteiger partial charge in [0.1, 0.15) is 5.82 Å². The van der Waals surface area contributed by atoms with Gasteiger partial charge in [0.2, 0.25) is 5.91 Å². The summed E-state index contributed by atoms with van der Waals surface area (Å²) in [6.45, 7) is 6.05. The maximum absolute atomic E-state index is 12.4. The first kappa shape index (κ1) is 16.0. The first-order valence-electron chi connectivity index (χ1n) is 7.95. The molecule has 0 radical (unpaired) electrons. The van der Waals surface area contributed by atoms with Crippen LogP contribution in [0.3, 0.4) is 0 Å². The van der Waals surface area contributed by atoms with Gasteiger partial charge in [-0.3, -0.25) is 4.79 Å². The average Bonchev–Trinajstić information content (AvgIpc) is 2.93. The molecule has 1 amide bonds. The van der Waals surface area contributed by atoms with E-state index in [-0.39, 0.29) is 5.91 Å². The minimum Gasteiger partial charge on any atom is -0.341 e. The number of piperidine rings is 1. The number of likely N-dealkylation sites (N-methyl/N-ethyl adjacent to an activating group) is 1. The third-order valence-electron chi connectivity index (χ3n) is 4.35. The smallest absolute Gasteiger partial charge is 0.223 e. The summed E-state index contributed by atoms with van der Waals surface area (Å²) >= 11 is 0. The molecule has 0 saturated carbocycles. The summed E-state index contributed by atoms with van der Waals surface area (Å²) in [4.78, 5) is 21.0. The first-order valence-corrected chi connectivity index (χ1v) is 7.95. The van der Waals surface area contributed by atoms with Gasteiger partial charge >= 0.3 is 0 Å². The Morgan fingerprint density at radius 1 is 1.48 bits per heavy atom. The number of imidazole rings is 1. The van der Waals surface area contributed by atoms with Gasteiger partial charge in [0, 0.05) is 50.4 Å². The molecule has 0 unspecified atom stereocenters. The molecule has 1 fully saturated rings. The van der Waals surface area contributed by atoms with Crippen LogP contribution in [0, 0.1) is 0 Å². The Bertz CT molecular complexity index is 467. The molecule has 5 nitrogen and oxygen atoms in total. The first-order chi connectivity index (χ1) is 9.99. The summed E-state index contributed by atoms with van der Waals surface area (Å²) in [5.41, 5.74) is 0. The van der Waals surface area contributed by atoms with E-state index in [1.54, 1.807) is 0 Å². The van der Waals surface area contributed by atoms with Crippen molar-refractivity contribution in [2.75, 3.05) is 27.2 Å². The van der Waals surface area contributed by atoms with Crippen molar-refractivity contribution >= 4 is 5.91 Å². The van der Waals surface area contributed by atoms with E-state index < -0.39 is 0 Å². The third-order valence-corrected chi connectivity index (χ3v) is 4.35. The van der Waals surface area contributed by atoms with Crippen LogP contribution in [0.25, 0.3) is 0 Å². The van der Waals surface area contributed by atoms with Gasteiger partial charge in [-0.1, -0.05) is 0 Å². The molecule has 0 aromatic carbocycles. The van der Waals surface area contributed by atoms with Gasteiger partial charge in [0.05, 0.1) is 0 Å². The zero-order chi connectivity index (χ0) is 15.4. The van der Waals surface area contributed by atoms with Crippen molar-refractivity contribution in [1.29, 1.82) is 0 Å². The molecule has 1 saturated heterocycles. The topological polar surface area (TPSA) is 41.4 Å². The molecule has 5 heteroatoms. The molecule has 118 valence electrons. The van der Waals surface area contributed by atoms with E-state index in [0.717, 1.165) is 31.8 Å². The molecule has 21 heavy (non-hydrogen) atoms. The van der Waals surface area contributed by atoms with Gasteiger partial charge in [-0.15, -0.1) is 0 Å². The Morgan fingerprint density at radius 2 is 2.24 bits per heavy atom. The van der Waals surface area contributed by atoms with Crippen LogP contribution in [-0.4, -0.2) is 58.5 Å². The number of carbonyl (C=O) groups is 1. The fraction of sp³-hybridized carbons (Fsp3) is 0.750. The van der Waals surface area contributed by atoms with E-state index in [1.165, 1.54) is 6.42 Å². The van der Waals surface area contributed by atoms with E-state index in [9.17, 15) is 4.79 Å². The molecule has 0 N–H and O–H groups in total. The summed E-state index contributed by atoms with van der Waals surface area (Å²) in [5, 5.41) is 0. The number of amides is 1. The number of carbonyl (C=O) groups excluding carboxylic acids is 1. The fourth-order valence-corrected chi connectivity index (χ4v) is 2.99. The van der Waals surface area contributed by atoms with E-state index in [0.29, 0.717) is 18.5 Å². The molecule has 2 rings (SSSR count). The van der Waals surface area contributed by atoms with Crippen LogP contribution >= 0.6 is 0 Å². The van der Waals surface area contributed by atoms with Crippen LogP contribution in [0.2, 0.25) is 0 Å². The lowest BCUT2D eigenvalue weighted by Gasteiger charge is -2.36. The van der Waals surface area contributed by atoms with Gasteiger partial charge in [-0.05, 0) is 40.8 Å². The Labute approximate surface area is 127 Å². The minimum atomic E-state index is 0.264. The summed E-state index contributed by atoms with van der Waals surface area (Å²) in [7, 11) is 4.19. The van der Waals surface area contributed by atoms with Gasteiger partial charge in [-0.2, -0.15) is 0 Å². The average molecular weight is 292 g/mol. The Balaban J connectivity index is 1.88. The van der Waals surface area contributed by atoms with E-state index in [1.807, 2.05) is 17.3 Å². The highest BCUT2D eigenvalue weighted by Crippen LogP contribution is 2.16. The number of rotatable bonds is 5. The van der Waals surface area contributed by atoms with Crippen molar-refractivity contribution in [3.63, 3.8) is 0 Å². The normalized spacial score (nSPS) is 19.5. The Morgan fingerprint density at radius 3 is 2.90 bits per heavy atom. The van der Waals surface area contributed by atoms with Crippen LogP contribution in [0.15, 0.2) is 12.4 Å². The summed E-state index contributed by atoms with van der Waals surface area (Å²) in [6, 6.07) is 0.895. The van der Waals surface area contributed by atoms with Crippen molar-refractivity contribution in [3.05, 3.63) is 18.2 Å². The Hall–Kier alpha value is -1.36. The lowest BCUT2D eigenvalue weighted by molar-refractivity contribution is -0.133. The minimum absolute atomic E-state index is 0.264. The van der Waals surface area contributed by atoms with Crippen LogP contribution in [0.4, 0.5) is 0 Å².